The maximum absolute atomic E-state index is 9.95. The van der Waals surface area contributed by atoms with Crippen LogP contribution in [0.1, 0.15) is 5.56 Å². The largest absolute Gasteiger partial charge is 0.228 e. The van der Waals surface area contributed by atoms with Crippen LogP contribution in [0.4, 0.5) is 0 Å². The van der Waals surface area contributed by atoms with Gasteiger partial charge in [0.15, 0.2) is 11.6 Å². The van der Waals surface area contributed by atoms with E-state index >= 15 is 0 Å². The molecule has 0 aliphatic rings. The minimum absolute atomic E-state index is 0.602. The molecule has 8 aromatic carbocycles. The van der Waals surface area contributed by atoms with Crippen molar-refractivity contribution in [1.29, 1.82) is 5.26 Å². The number of rotatable bonds is 9. The average molecular weight is 792 g/mol. The van der Waals surface area contributed by atoms with Gasteiger partial charge in [-0.15, -0.1) is 0 Å². The quantitative estimate of drug-likeness (QED) is 0.145. The fourth-order valence-corrected chi connectivity index (χ4v) is 7.92. The van der Waals surface area contributed by atoms with Gasteiger partial charge in [0, 0.05) is 33.4 Å². The van der Waals surface area contributed by atoms with Crippen molar-refractivity contribution in [2.24, 2.45) is 0 Å². The van der Waals surface area contributed by atoms with Gasteiger partial charge in [0.1, 0.15) is 0 Å². The Bertz CT molecular complexity index is 3120. The smallest absolute Gasteiger partial charge is 0.160 e. The summed E-state index contributed by atoms with van der Waals surface area (Å²) in [6.07, 6.45) is 0. The number of nitrogens with zero attached hydrogens (tertiary/aromatic N) is 5. The van der Waals surface area contributed by atoms with Gasteiger partial charge in [-0.25, -0.2) is 19.9 Å². The summed E-state index contributed by atoms with van der Waals surface area (Å²) >= 11 is 0. The third-order valence-corrected chi connectivity index (χ3v) is 10.9. The fourth-order valence-electron chi connectivity index (χ4n) is 7.92. The van der Waals surface area contributed by atoms with Crippen LogP contribution in [0.5, 0.6) is 0 Å². The molecule has 2 aromatic heterocycles. The molecule has 0 spiro atoms. The fraction of sp³-hybridized carbons (Fsp3) is 0. The van der Waals surface area contributed by atoms with Crippen molar-refractivity contribution in [1.82, 2.24) is 19.9 Å². The first kappa shape index (κ1) is 37.7. The van der Waals surface area contributed by atoms with Gasteiger partial charge in [-0.1, -0.05) is 188 Å². The third-order valence-electron chi connectivity index (χ3n) is 10.9. The molecule has 0 saturated carbocycles. The van der Waals surface area contributed by atoms with Crippen molar-refractivity contribution in [3.8, 4) is 107 Å². The Morgan fingerprint density at radius 3 is 1.08 bits per heavy atom. The first-order valence-corrected chi connectivity index (χ1v) is 20.5. The predicted molar refractivity (Wildman–Crippen MR) is 251 cm³/mol. The minimum Gasteiger partial charge on any atom is -0.228 e. The molecule has 0 N–H and O–H groups in total. The molecule has 0 aliphatic carbocycles. The summed E-state index contributed by atoms with van der Waals surface area (Å²) in [4.78, 5) is 20.4. The van der Waals surface area contributed by atoms with Gasteiger partial charge in [0.05, 0.1) is 34.4 Å². The highest BCUT2D eigenvalue weighted by Gasteiger charge is 2.18. The Morgan fingerprint density at radius 2 is 0.613 bits per heavy atom. The van der Waals surface area contributed by atoms with Crippen LogP contribution >= 0.6 is 0 Å². The first-order valence-electron chi connectivity index (χ1n) is 20.5. The van der Waals surface area contributed by atoms with Gasteiger partial charge in [-0.2, -0.15) is 5.26 Å². The number of hydrogen-bond acceptors (Lipinski definition) is 5. The van der Waals surface area contributed by atoms with Crippen LogP contribution in [0.25, 0.3) is 101 Å². The van der Waals surface area contributed by atoms with E-state index in [0.29, 0.717) is 17.2 Å². The molecule has 5 heteroatoms. The zero-order chi connectivity index (χ0) is 41.7. The second-order valence-corrected chi connectivity index (χ2v) is 15.0. The second kappa shape index (κ2) is 16.9. The number of aromatic nitrogens is 4. The lowest BCUT2D eigenvalue weighted by Gasteiger charge is -2.18. The second-order valence-electron chi connectivity index (χ2n) is 15.0. The Balaban J connectivity index is 1.15. The summed E-state index contributed by atoms with van der Waals surface area (Å²) in [5, 5.41) is 9.95. The van der Waals surface area contributed by atoms with E-state index in [1.54, 1.807) is 0 Å². The van der Waals surface area contributed by atoms with Gasteiger partial charge < -0.3 is 0 Å². The topological polar surface area (TPSA) is 75.3 Å². The molecule has 5 nitrogen and oxygen atoms in total. The lowest BCUT2D eigenvalue weighted by atomic mass is 9.86. The normalized spacial score (nSPS) is 10.9. The molecule has 62 heavy (non-hydrogen) atoms. The first-order chi connectivity index (χ1) is 30.7. The van der Waals surface area contributed by atoms with Crippen molar-refractivity contribution >= 4 is 0 Å². The van der Waals surface area contributed by atoms with Crippen LogP contribution in [-0.4, -0.2) is 19.9 Å². The summed E-state index contributed by atoms with van der Waals surface area (Å²) < 4.78 is 0. The van der Waals surface area contributed by atoms with Gasteiger partial charge >= 0.3 is 0 Å². The molecule has 0 unspecified atom stereocenters. The molecule has 0 fully saturated rings. The Morgan fingerprint density at radius 1 is 0.274 bits per heavy atom. The molecule has 10 aromatic rings. The van der Waals surface area contributed by atoms with Crippen molar-refractivity contribution in [2.45, 2.75) is 0 Å². The van der Waals surface area contributed by atoms with E-state index in [4.69, 9.17) is 19.9 Å². The molecule has 0 radical (unpaired) electrons. The van der Waals surface area contributed by atoms with E-state index in [0.717, 1.165) is 89.5 Å². The third kappa shape index (κ3) is 7.80. The standard InChI is InChI=1S/C57H37N5/c58-38-39-17-13-26-44(33-39)49-31-16-32-50(45-27-14-28-46(34-45)53-36-51(40-18-5-1-6-19-40)59-56(61-53)42-22-9-3-10-23-42)55(49)48-30-15-29-47(35-48)54-37-52(41-20-7-2-8-21-41)60-57(62-54)43-24-11-4-12-25-43/h1-37H. The molecule has 0 bridgehead atoms. The molecule has 290 valence electrons. The van der Waals surface area contributed by atoms with E-state index in [1.807, 2.05) is 115 Å². The van der Waals surface area contributed by atoms with E-state index in [1.165, 1.54) is 0 Å². The zero-order valence-corrected chi connectivity index (χ0v) is 33.6. The molecule has 0 saturated heterocycles. The highest BCUT2D eigenvalue weighted by molar-refractivity contribution is 5.96. The highest BCUT2D eigenvalue weighted by atomic mass is 14.9. The van der Waals surface area contributed by atoms with Crippen LogP contribution < -0.4 is 0 Å². The van der Waals surface area contributed by atoms with Gasteiger partial charge in [-0.3, -0.25) is 0 Å². The predicted octanol–water partition coefficient (Wildman–Crippen LogP) is 14.1. The number of nitriles is 1. The van der Waals surface area contributed by atoms with E-state index in [9.17, 15) is 5.26 Å². The van der Waals surface area contributed by atoms with Crippen molar-refractivity contribution < 1.29 is 0 Å². The van der Waals surface area contributed by atoms with Crippen LogP contribution in [0.2, 0.25) is 0 Å². The van der Waals surface area contributed by atoms with Crippen LogP contribution in [0, 0.1) is 11.3 Å². The molecule has 0 aliphatic heterocycles. The molecule has 0 atom stereocenters. The van der Waals surface area contributed by atoms with Crippen molar-refractivity contribution in [3.05, 3.63) is 230 Å². The lowest BCUT2D eigenvalue weighted by molar-refractivity contribution is 1.18. The van der Waals surface area contributed by atoms with E-state index in [-0.39, 0.29) is 0 Å². The zero-order valence-electron chi connectivity index (χ0n) is 33.6. The number of benzene rings is 8. The maximum atomic E-state index is 9.95. The SMILES string of the molecule is N#Cc1cccc(-c2cccc(-c3cccc(-c4cc(-c5ccccc5)nc(-c5ccccc5)n4)c3)c2-c2cccc(-c3cc(-c4ccccc4)nc(-c4ccccc4)n3)c2)c1. The Kier molecular flexibility index (Phi) is 10.3. The highest BCUT2D eigenvalue weighted by Crippen LogP contribution is 2.42. The maximum Gasteiger partial charge on any atom is 0.160 e. The summed E-state index contributed by atoms with van der Waals surface area (Å²) in [6, 6.07) is 78.6. The monoisotopic (exact) mass is 791 g/mol. The Hall–Kier alpha value is -8.59. The van der Waals surface area contributed by atoms with Gasteiger partial charge in [0.2, 0.25) is 0 Å². The van der Waals surface area contributed by atoms with Crippen molar-refractivity contribution in [3.63, 3.8) is 0 Å². The summed E-state index contributed by atoms with van der Waals surface area (Å²) in [6.45, 7) is 0. The van der Waals surface area contributed by atoms with Crippen LogP contribution in [0.15, 0.2) is 224 Å². The lowest BCUT2D eigenvalue weighted by Crippen LogP contribution is -1.97. The van der Waals surface area contributed by atoms with E-state index < -0.39 is 0 Å². The van der Waals surface area contributed by atoms with Gasteiger partial charge in [0.25, 0.3) is 0 Å². The molecular formula is C57H37N5. The van der Waals surface area contributed by atoms with Crippen LogP contribution in [-0.2, 0) is 0 Å². The molecule has 0 amide bonds. The summed E-state index contributed by atoms with van der Waals surface area (Å²) in [5.41, 5.74) is 15.9. The van der Waals surface area contributed by atoms with Crippen molar-refractivity contribution in [2.75, 3.05) is 0 Å². The Labute approximate surface area is 361 Å². The number of hydrogen-bond donors (Lipinski definition) is 0. The van der Waals surface area contributed by atoms with E-state index in [2.05, 4.69) is 115 Å². The summed E-state index contributed by atoms with van der Waals surface area (Å²) in [7, 11) is 0. The average Bonchev–Trinajstić information content (AvgIpc) is 3.37. The molecular weight excluding hydrogens is 755 g/mol. The summed E-state index contributed by atoms with van der Waals surface area (Å²) in [5.74, 6) is 1.33. The molecule has 2 heterocycles. The minimum atomic E-state index is 0.602. The van der Waals surface area contributed by atoms with Crippen LogP contribution in [0.3, 0.4) is 0 Å². The van der Waals surface area contributed by atoms with Gasteiger partial charge in [-0.05, 0) is 69.8 Å². The molecule has 10 rings (SSSR count).